The van der Waals surface area contributed by atoms with Crippen molar-refractivity contribution in [1.29, 1.82) is 0 Å². The third-order valence-corrected chi connectivity index (χ3v) is 7.57. The van der Waals surface area contributed by atoms with E-state index < -0.39 is 9.84 Å². The smallest absolute Gasteiger partial charge is 0.179 e. The maximum atomic E-state index is 12.9. The first kappa shape index (κ1) is 17.2. The van der Waals surface area contributed by atoms with Gasteiger partial charge in [0.1, 0.15) is 0 Å². The summed E-state index contributed by atoms with van der Waals surface area (Å²) in [5, 5.41) is 9.27. The zero-order chi connectivity index (χ0) is 17.5. The second-order valence-corrected chi connectivity index (χ2v) is 9.41. The highest BCUT2D eigenvalue weighted by atomic mass is 32.2. The largest absolute Gasteiger partial charge is 0.392 e. The van der Waals surface area contributed by atoms with Gasteiger partial charge in [0.05, 0.1) is 17.3 Å². The summed E-state index contributed by atoms with van der Waals surface area (Å²) in [7, 11) is -3.31. The molecule has 2 aromatic rings. The maximum absolute atomic E-state index is 12.9. The van der Waals surface area contributed by atoms with E-state index in [1.807, 2.05) is 50.2 Å². The minimum absolute atomic E-state index is 0.0109. The Hall–Kier alpha value is -1.65. The molecule has 1 N–H and O–H groups in total. The SMILES string of the molecule is C[C@@H]1[C@H](c2ccc(CO)cc2)c2ccccc2S(=O)(=O)CC1(C)C. The van der Waals surface area contributed by atoms with Gasteiger partial charge in [-0.25, -0.2) is 8.42 Å². The number of hydrogen-bond donors (Lipinski definition) is 1. The Morgan fingerprint density at radius 2 is 1.71 bits per heavy atom. The van der Waals surface area contributed by atoms with Gasteiger partial charge in [0, 0.05) is 5.92 Å². The van der Waals surface area contributed by atoms with Crippen LogP contribution in [0.25, 0.3) is 0 Å². The van der Waals surface area contributed by atoms with Gasteiger partial charge in [0.2, 0.25) is 0 Å². The van der Waals surface area contributed by atoms with Crippen LogP contribution in [0.2, 0.25) is 0 Å². The van der Waals surface area contributed by atoms with Gasteiger partial charge < -0.3 is 5.11 Å². The quantitative estimate of drug-likeness (QED) is 0.902. The van der Waals surface area contributed by atoms with Crippen LogP contribution >= 0.6 is 0 Å². The van der Waals surface area contributed by atoms with Crippen LogP contribution in [-0.2, 0) is 16.4 Å². The molecule has 0 radical (unpaired) electrons. The normalized spacial score (nSPS) is 24.8. The molecule has 128 valence electrons. The molecule has 0 amide bonds. The van der Waals surface area contributed by atoms with Crippen molar-refractivity contribution in [3.63, 3.8) is 0 Å². The van der Waals surface area contributed by atoms with Crippen molar-refractivity contribution in [3.05, 3.63) is 65.2 Å². The summed E-state index contributed by atoms with van der Waals surface area (Å²) in [6, 6.07) is 15.2. The fraction of sp³-hybridized carbons (Fsp3) is 0.400. The number of benzene rings is 2. The predicted molar refractivity (Wildman–Crippen MR) is 95.6 cm³/mol. The van der Waals surface area contributed by atoms with E-state index in [-0.39, 0.29) is 29.6 Å². The van der Waals surface area contributed by atoms with Crippen molar-refractivity contribution in [1.82, 2.24) is 0 Å². The molecule has 1 aliphatic rings. The van der Waals surface area contributed by atoms with Gasteiger partial charge in [-0.05, 0) is 34.1 Å². The van der Waals surface area contributed by atoms with Crippen LogP contribution in [0.4, 0.5) is 0 Å². The van der Waals surface area contributed by atoms with Gasteiger partial charge in [-0.3, -0.25) is 0 Å². The van der Waals surface area contributed by atoms with Gasteiger partial charge >= 0.3 is 0 Å². The van der Waals surface area contributed by atoms with Crippen LogP contribution in [0.5, 0.6) is 0 Å². The molecule has 1 heterocycles. The number of rotatable bonds is 2. The molecule has 0 aliphatic carbocycles. The molecule has 0 fully saturated rings. The summed E-state index contributed by atoms with van der Waals surface area (Å²) < 4.78 is 25.8. The first-order valence-corrected chi connectivity index (χ1v) is 9.93. The van der Waals surface area contributed by atoms with Gasteiger partial charge in [0.25, 0.3) is 0 Å². The Labute approximate surface area is 144 Å². The zero-order valence-corrected chi connectivity index (χ0v) is 15.2. The highest BCUT2D eigenvalue weighted by molar-refractivity contribution is 7.91. The van der Waals surface area contributed by atoms with E-state index in [1.54, 1.807) is 12.1 Å². The molecule has 0 saturated carbocycles. The number of fused-ring (bicyclic) bond motifs is 1. The Morgan fingerprint density at radius 3 is 2.33 bits per heavy atom. The zero-order valence-electron chi connectivity index (χ0n) is 14.4. The second kappa shape index (κ2) is 6.01. The molecule has 3 nitrogen and oxygen atoms in total. The van der Waals surface area contributed by atoms with E-state index in [9.17, 15) is 13.5 Å². The third kappa shape index (κ3) is 2.89. The van der Waals surface area contributed by atoms with Crippen LogP contribution in [0.3, 0.4) is 0 Å². The monoisotopic (exact) mass is 344 g/mol. The van der Waals surface area contributed by atoms with Crippen molar-refractivity contribution in [2.45, 2.75) is 38.2 Å². The highest BCUT2D eigenvalue weighted by Gasteiger charge is 2.43. The second-order valence-electron chi connectivity index (χ2n) is 7.45. The van der Waals surface area contributed by atoms with Crippen LogP contribution < -0.4 is 0 Å². The predicted octanol–water partition coefficient (Wildman–Crippen LogP) is 3.76. The summed E-state index contributed by atoms with van der Waals surface area (Å²) in [6.07, 6.45) is 0. The molecule has 1 aliphatic heterocycles. The van der Waals surface area contributed by atoms with Crippen molar-refractivity contribution in [2.24, 2.45) is 11.3 Å². The molecule has 0 saturated heterocycles. The van der Waals surface area contributed by atoms with E-state index in [0.29, 0.717) is 4.90 Å². The molecule has 2 atom stereocenters. The van der Waals surface area contributed by atoms with Crippen molar-refractivity contribution in [2.75, 3.05) is 5.75 Å². The Morgan fingerprint density at radius 1 is 1.08 bits per heavy atom. The lowest BCUT2D eigenvalue weighted by Crippen LogP contribution is -2.31. The van der Waals surface area contributed by atoms with E-state index in [1.165, 1.54) is 0 Å². The molecule has 2 aromatic carbocycles. The van der Waals surface area contributed by atoms with Crippen LogP contribution in [-0.4, -0.2) is 19.3 Å². The topological polar surface area (TPSA) is 54.4 Å². The molecular formula is C20H24O3S. The summed E-state index contributed by atoms with van der Waals surface area (Å²) in [6.45, 7) is 6.23. The average molecular weight is 344 g/mol. The van der Waals surface area contributed by atoms with E-state index in [2.05, 4.69) is 6.92 Å². The van der Waals surface area contributed by atoms with Crippen molar-refractivity contribution in [3.8, 4) is 0 Å². The number of sulfone groups is 1. The first-order chi connectivity index (χ1) is 11.3. The lowest BCUT2D eigenvalue weighted by atomic mass is 9.69. The van der Waals surface area contributed by atoms with Gasteiger partial charge in [-0.1, -0.05) is 63.2 Å². The van der Waals surface area contributed by atoms with E-state index >= 15 is 0 Å². The standard InChI is InChI=1S/C20H24O3S/c1-14-19(16-10-8-15(12-21)9-11-16)17-6-4-5-7-18(17)24(22,23)13-20(14,2)3/h4-11,14,19,21H,12-13H2,1-3H3/t14-,19-/m1/s1. The third-order valence-electron chi connectivity index (χ3n) is 5.41. The van der Waals surface area contributed by atoms with Crippen molar-refractivity contribution >= 4 is 9.84 Å². The van der Waals surface area contributed by atoms with Gasteiger partial charge in [-0.2, -0.15) is 0 Å². The van der Waals surface area contributed by atoms with Crippen LogP contribution in [0, 0.1) is 11.3 Å². The summed E-state index contributed by atoms with van der Waals surface area (Å²) in [4.78, 5) is 0.457. The molecular weight excluding hydrogens is 320 g/mol. The van der Waals surface area contributed by atoms with Crippen molar-refractivity contribution < 1.29 is 13.5 Å². The van der Waals surface area contributed by atoms with Crippen LogP contribution in [0.1, 0.15) is 43.4 Å². The number of hydrogen-bond acceptors (Lipinski definition) is 3. The molecule has 4 heteroatoms. The Kier molecular flexibility index (Phi) is 4.30. The highest BCUT2D eigenvalue weighted by Crippen LogP contribution is 2.48. The lowest BCUT2D eigenvalue weighted by molar-refractivity contribution is 0.243. The Bertz CT molecular complexity index is 835. The molecule has 24 heavy (non-hydrogen) atoms. The first-order valence-electron chi connectivity index (χ1n) is 8.27. The fourth-order valence-corrected chi connectivity index (χ4v) is 5.98. The lowest BCUT2D eigenvalue weighted by Gasteiger charge is -2.35. The van der Waals surface area contributed by atoms with Crippen LogP contribution in [0.15, 0.2) is 53.4 Å². The minimum atomic E-state index is -3.31. The molecule has 0 unspecified atom stereocenters. The summed E-state index contributed by atoms with van der Waals surface area (Å²) in [5.74, 6) is 0.334. The maximum Gasteiger partial charge on any atom is 0.179 e. The van der Waals surface area contributed by atoms with Gasteiger partial charge in [-0.15, -0.1) is 0 Å². The summed E-state index contributed by atoms with van der Waals surface area (Å²) >= 11 is 0. The number of aliphatic hydroxyl groups is 1. The minimum Gasteiger partial charge on any atom is -0.392 e. The average Bonchev–Trinajstić information content (AvgIpc) is 2.60. The van der Waals surface area contributed by atoms with E-state index in [0.717, 1.165) is 16.7 Å². The summed E-state index contributed by atoms with van der Waals surface area (Å²) in [5.41, 5.74) is 2.50. The molecule has 0 spiro atoms. The molecule has 0 aromatic heterocycles. The molecule has 0 bridgehead atoms. The van der Waals surface area contributed by atoms with Gasteiger partial charge in [0.15, 0.2) is 9.84 Å². The number of aliphatic hydroxyl groups excluding tert-OH is 1. The van der Waals surface area contributed by atoms with E-state index in [4.69, 9.17) is 0 Å². The Balaban J connectivity index is 2.24. The molecule has 3 rings (SSSR count). The fourth-order valence-electron chi connectivity index (χ4n) is 3.74.